The van der Waals surface area contributed by atoms with E-state index in [9.17, 15) is 24.5 Å². The van der Waals surface area contributed by atoms with Crippen molar-refractivity contribution < 1.29 is 38.0 Å². The summed E-state index contributed by atoms with van der Waals surface area (Å²) in [6.07, 6.45) is 72.3. The zero-order valence-electron chi connectivity index (χ0n) is 47.7. The van der Waals surface area contributed by atoms with Crippen LogP contribution in [0.3, 0.4) is 0 Å². The molecule has 0 rings (SSSR count). The van der Waals surface area contributed by atoms with Crippen LogP contribution in [0.15, 0.2) is 97.2 Å². The SMILES string of the molecule is CC/C=C\C/C=C\C/C=C\C/C=C\C/C=C\C/C=C\CCCCCCCCCCCCCCCCCCCCC(=O)NC(COP(=O)(O)OCC[N+](C)(C)C)C(O)C(O)CCC/C=C/CC/C=C/CCCCC. The number of hydrogen-bond donors (Lipinski definition) is 4. The molecule has 73 heavy (non-hydrogen) atoms. The fraction of sp³-hybridized carbons (Fsp3) is 0.730. The highest BCUT2D eigenvalue weighted by atomic mass is 31.2. The van der Waals surface area contributed by atoms with Gasteiger partial charge < -0.3 is 24.9 Å². The highest BCUT2D eigenvalue weighted by Gasteiger charge is 2.31. The molecule has 0 radical (unpaired) electrons. The van der Waals surface area contributed by atoms with Crippen molar-refractivity contribution in [2.75, 3.05) is 40.9 Å². The molecule has 0 aromatic heterocycles. The minimum atomic E-state index is -4.44. The standard InChI is InChI=1S/C63H113N2O7P/c1-6-8-10-12-14-16-18-20-21-22-23-24-25-26-27-28-29-30-31-32-33-34-35-36-37-38-39-40-41-42-43-44-46-48-50-52-54-56-62(67)64-60(59-72-73(69,70)71-58-57-65(3,4)5)63(68)61(66)55-53-51-49-47-45-19-17-15-13-11-9-7-2/h8,10,14-17,20-21,23-24,26-27,29-30,47,49,60-61,63,66,68H,6-7,9,11-13,18-19,22,25,28,31-46,48,50-59H2,1-5H3,(H-,64,67,69,70)/p+1/b10-8-,16-14-,17-15+,21-20-,24-23-,27-26-,30-29-,49-47+. The van der Waals surface area contributed by atoms with E-state index in [2.05, 4.69) is 116 Å². The minimum Gasteiger partial charge on any atom is -0.390 e. The number of quaternary nitrogens is 1. The Morgan fingerprint density at radius 1 is 0.493 bits per heavy atom. The lowest BCUT2D eigenvalue weighted by Crippen LogP contribution is -2.51. The third-order valence-electron chi connectivity index (χ3n) is 12.9. The molecule has 0 saturated carbocycles. The van der Waals surface area contributed by atoms with Gasteiger partial charge in [-0.3, -0.25) is 13.8 Å². The van der Waals surface area contributed by atoms with Crippen LogP contribution in [0.1, 0.15) is 239 Å². The Balaban J connectivity index is 4.06. The molecule has 0 aromatic rings. The van der Waals surface area contributed by atoms with Crippen molar-refractivity contribution in [3.05, 3.63) is 97.2 Å². The van der Waals surface area contributed by atoms with Crippen molar-refractivity contribution in [2.24, 2.45) is 0 Å². The first-order chi connectivity index (χ1) is 35.4. The number of carbonyl (C=O) groups excluding carboxylic acids is 1. The van der Waals surface area contributed by atoms with Crippen molar-refractivity contribution in [1.82, 2.24) is 5.32 Å². The zero-order chi connectivity index (χ0) is 53.6. The van der Waals surface area contributed by atoms with E-state index < -0.39 is 32.7 Å². The fourth-order valence-electron chi connectivity index (χ4n) is 8.22. The van der Waals surface area contributed by atoms with E-state index in [1.807, 2.05) is 21.1 Å². The predicted octanol–water partition coefficient (Wildman–Crippen LogP) is 17.2. The second-order valence-corrected chi connectivity index (χ2v) is 22.6. The molecule has 422 valence electrons. The van der Waals surface area contributed by atoms with E-state index in [1.54, 1.807) is 0 Å². The number of nitrogens with zero attached hydrogens (tertiary/aromatic N) is 1. The van der Waals surface area contributed by atoms with Crippen molar-refractivity contribution in [2.45, 2.75) is 257 Å². The van der Waals surface area contributed by atoms with Crippen LogP contribution in [0.25, 0.3) is 0 Å². The summed E-state index contributed by atoms with van der Waals surface area (Å²) in [5, 5.41) is 24.8. The number of unbranched alkanes of at least 4 members (excludes halogenated alkanes) is 23. The van der Waals surface area contributed by atoms with Gasteiger partial charge in [-0.2, -0.15) is 0 Å². The van der Waals surface area contributed by atoms with Gasteiger partial charge in [0.15, 0.2) is 0 Å². The molecule has 4 atom stereocenters. The molecule has 4 unspecified atom stereocenters. The molecular formula is C63H114N2O7P+. The first-order valence-corrected chi connectivity index (χ1v) is 31.2. The van der Waals surface area contributed by atoms with Crippen LogP contribution >= 0.6 is 7.82 Å². The van der Waals surface area contributed by atoms with Crippen molar-refractivity contribution >= 4 is 13.7 Å². The summed E-state index contributed by atoms with van der Waals surface area (Å²) in [4.78, 5) is 23.3. The Kier molecular flexibility index (Phi) is 50.9. The molecule has 0 saturated heterocycles. The van der Waals surface area contributed by atoms with E-state index in [0.717, 1.165) is 89.9 Å². The molecule has 0 bridgehead atoms. The summed E-state index contributed by atoms with van der Waals surface area (Å²) in [6, 6.07) is -1.06. The highest BCUT2D eigenvalue weighted by Crippen LogP contribution is 2.43. The Hall–Kier alpha value is -2.62. The zero-order valence-corrected chi connectivity index (χ0v) is 48.6. The number of phosphoric ester groups is 1. The molecular weight excluding hydrogens is 928 g/mol. The number of phosphoric acid groups is 1. The van der Waals surface area contributed by atoms with Gasteiger partial charge >= 0.3 is 7.82 Å². The second-order valence-electron chi connectivity index (χ2n) is 21.1. The third kappa shape index (κ3) is 54.0. The fourth-order valence-corrected chi connectivity index (χ4v) is 8.96. The normalized spacial score (nSPS) is 15.0. The number of amides is 1. The molecule has 0 spiro atoms. The minimum absolute atomic E-state index is 0.0112. The summed E-state index contributed by atoms with van der Waals surface area (Å²) in [7, 11) is 1.40. The Morgan fingerprint density at radius 2 is 0.863 bits per heavy atom. The maximum Gasteiger partial charge on any atom is 0.472 e. The van der Waals surface area contributed by atoms with Gasteiger partial charge in [-0.15, -0.1) is 0 Å². The number of aliphatic hydroxyl groups is 2. The Morgan fingerprint density at radius 3 is 1.30 bits per heavy atom. The van der Waals surface area contributed by atoms with Crippen LogP contribution in [0, 0.1) is 0 Å². The molecule has 0 aliphatic rings. The Bertz CT molecular complexity index is 1530. The summed E-state index contributed by atoms with van der Waals surface area (Å²) in [6.45, 7) is 4.43. The number of hydrogen-bond acceptors (Lipinski definition) is 6. The van der Waals surface area contributed by atoms with Crippen LogP contribution in [0.5, 0.6) is 0 Å². The molecule has 0 aromatic carbocycles. The molecule has 0 aliphatic heterocycles. The lowest BCUT2D eigenvalue weighted by atomic mass is 10.0. The first-order valence-electron chi connectivity index (χ1n) is 29.7. The van der Waals surface area contributed by atoms with Crippen molar-refractivity contribution in [1.29, 1.82) is 0 Å². The maximum absolute atomic E-state index is 13.0. The number of carbonyl (C=O) groups is 1. The lowest BCUT2D eigenvalue weighted by Gasteiger charge is -2.28. The average molecular weight is 1040 g/mol. The number of allylic oxidation sites excluding steroid dienone is 16. The molecule has 1 amide bonds. The van der Waals surface area contributed by atoms with Gasteiger partial charge in [0.25, 0.3) is 0 Å². The van der Waals surface area contributed by atoms with Gasteiger partial charge in [-0.1, -0.05) is 227 Å². The van der Waals surface area contributed by atoms with Gasteiger partial charge in [-0.25, -0.2) is 4.57 Å². The molecule has 10 heteroatoms. The van der Waals surface area contributed by atoms with Gasteiger partial charge in [0.2, 0.25) is 5.91 Å². The smallest absolute Gasteiger partial charge is 0.390 e. The van der Waals surface area contributed by atoms with Gasteiger partial charge in [0, 0.05) is 6.42 Å². The van der Waals surface area contributed by atoms with Crippen LogP contribution in [0.4, 0.5) is 0 Å². The topological polar surface area (TPSA) is 125 Å². The number of nitrogens with one attached hydrogen (secondary N) is 1. The molecule has 0 fully saturated rings. The number of likely N-dealkylation sites (N-methyl/N-ethyl adjacent to an activating group) is 1. The van der Waals surface area contributed by atoms with E-state index in [0.29, 0.717) is 23.9 Å². The van der Waals surface area contributed by atoms with Crippen molar-refractivity contribution in [3.63, 3.8) is 0 Å². The molecule has 0 aliphatic carbocycles. The molecule has 0 heterocycles. The lowest BCUT2D eigenvalue weighted by molar-refractivity contribution is -0.870. The Labute approximate surface area is 450 Å². The summed E-state index contributed by atoms with van der Waals surface area (Å²) < 4.78 is 23.6. The summed E-state index contributed by atoms with van der Waals surface area (Å²) >= 11 is 0. The van der Waals surface area contributed by atoms with Gasteiger partial charge in [0.05, 0.1) is 39.9 Å². The van der Waals surface area contributed by atoms with Gasteiger partial charge in [0.1, 0.15) is 19.3 Å². The van der Waals surface area contributed by atoms with E-state index in [-0.39, 0.29) is 18.9 Å². The predicted molar refractivity (Wildman–Crippen MR) is 315 cm³/mol. The van der Waals surface area contributed by atoms with Crippen LogP contribution in [-0.2, 0) is 18.4 Å². The third-order valence-corrected chi connectivity index (χ3v) is 13.9. The average Bonchev–Trinajstić information content (AvgIpc) is 3.35. The van der Waals surface area contributed by atoms with E-state index in [1.165, 1.54) is 116 Å². The van der Waals surface area contributed by atoms with Gasteiger partial charge in [-0.05, 0) is 103 Å². The highest BCUT2D eigenvalue weighted by molar-refractivity contribution is 7.47. The number of rotatable bonds is 53. The quantitative estimate of drug-likeness (QED) is 0.0207. The largest absolute Gasteiger partial charge is 0.472 e. The monoisotopic (exact) mass is 1040 g/mol. The number of aliphatic hydroxyl groups excluding tert-OH is 2. The van der Waals surface area contributed by atoms with Crippen LogP contribution < -0.4 is 5.32 Å². The molecule has 4 N–H and O–H groups in total. The summed E-state index contributed by atoms with van der Waals surface area (Å²) in [5.74, 6) is -0.274. The maximum atomic E-state index is 13.0. The van der Waals surface area contributed by atoms with Crippen molar-refractivity contribution in [3.8, 4) is 0 Å². The second kappa shape index (κ2) is 52.8. The van der Waals surface area contributed by atoms with Crippen LogP contribution in [0.2, 0.25) is 0 Å². The van der Waals surface area contributed by atoms with Crippen LogP contribution in [-0.4, -0.2) is 84.6 Å². The summed E-state index contributed by atoms with van der Waals surface area (Å²) in [5.41, 5.74) is 0. The van der Waals surface area contributed by atoms with E-state index in [4.69, 9.17) is 9.05 Å². The molecule has 9 nitrogen and oxygen atoms in total. The first kappa shape index (κ1) is 70.4. The van der Waals surface area contributed by atoms with E-state index >= 15 is 0 Å².